The van der Waals surface area contributed by atoms with Gasteiger partial charge in [0.2, 0.25) is 0 Å². The Bertz CT molecular complexity index is 1070. The predicted octanol–water partition coefficient (Wildman–Crippen LogP) is 4.41. The monoisotopic (exact) mass is 525 g/mol. The fourth-order valence-corrected chi connectivity index (χ4v) is 2.89. The van der Waals surface area contributed by atoms with Crippen molar-refractivity contribution >= 4 is 18.0 Å². The number of ether oxygens (including phenoxy) is 5. The molecule has 0 radical (unpaired) electrons. The van der Waals surface area contributed by atoms with Gasteiger partial charge in [-0.25, -0.2) is 14.4 Å². The molecule has 2 aromatic carbocycles. The summed E-state index contributed by atoms with van der Waals surface area (Å²) < 4.78 is 27.2. The summed E-state index contributed by atoms with van der Waals surface area (Å²) in [5.41, 5.74) is 1.65. The predicted molar refractivity (Wildman–Crippen MR) is 142 cm³/mol. The lowest BCUT2D eigenvalue weighted by molar-refractivity contribution is -0.139. The molecule has 9 heteroatoms. The fraction of sp³-hybridized carbons (Fsp3) is 0.345. The molecule has 0 fully saturated rings. The van der Waals surface area contributed by atoms with Crippen LogP contribution in [0.2, 0.25) is 0 Å². The van der Waals surface area contributed by atoms with Crippen molar-refractivity contribution in [2.45, 2.75) is 32.8 Å². The molecule has 2 aromatic rings. The summed E-state index contributed by atoms with van der Waals surface area (Å²) in [7, 11) is 0. The van der Waals surface area contributed by atoms with Gasteiger partial charge in [0.25, 0.3) is 0 Å². The maximum absolute atomic E-state index is 12.3. The lowest BCUT2D eigenvalue weighted by Gasteiger charge is -2.19. The second kappa shape index (κ2) is 16.5. The van der Waals surface area contributed by atoms with Crippen molar-refractivity contribution in [2.24, 2.45) is 0 Å². The molecule has 0 aliphatic heterocycles. The second-order valence-electron chi connectivity index (χ2n) is 8.47. The van der Waals surface area contributed by atoms with Gasteiger partial charge < -0.3 is 29.0 Å². The molecule has 0 bridgehead atoms. The van der Waals surface area contributed by atoms with Gasteiger partial charge in [0.1, 0.15) is 24.7 Å². The largest absolute Gasteiger partial charge is 0.490 e. The van der Waals surface area contributed by atoms with E-state index < -0.39 is 24.1 Å². The fourth-order valence-electron chi connectivity index (χ4n) is 2.89. The highest BCUT2D eigenvalue weighted by Gasteiger charge is 2.17. The van der Waals surface area contributed by atoms with Crippen LogP contribution >= 0.6 is 0 Å². The van der Waals surface area contributed by atoms with Gasteiger partial charge in [0.05, 0.1) is 13.2 Å². The van der Waals surface area contributed by atoms with Crippen LogP contribution in [0.25, 0.3) is 0 Å². The average molecular weight is 526 g/mol. The molecular weight excluding hydrogens is 490 g/mol. The third-order valence-corrected chi connectivity index (χ3v) is 4.96. The van der Waals surface area contributed by atoms with Crippen molar-refractivity contribution in [1.82, 2.24) is 5.32 Å². The molecule has 2 rings (SSSR count). The quantitative estimate of drug-likeness (QED) is 0.149. The Hall–Kier alpha value is -4.27. The van der Waals surface area contributed by atoms with Gasteiger partial charge in [-0.2, -0.15) is 0 Å². The summed E-state index contributed by atoms with van der Waals surface area (Å²) in [6.07, 6.45) is -0.351. The van der Waals surface area contributed by atoms with E-state index in [1.807, 2.05) is 30.3 Å². The first-order valence-electron chi connectivity index (χ1n) is 12.2. The molecule has 0 aromatic heterocycles. The van der Waals surface area contributed by atoms with Crippen molar-refractivity contribution in [1.29, 1.82) is 0 Å². The number of nitrogens with one attached hydrogen (secondary N) is 1. The first kappa shape index (κ1) is 30.0. The van der Waals surface area contributed by atoms with Crippen molar-refractivity contribution in [2.75, 3.05) is 33.0 Å². The number of para-hydroxylation sites is 1. The van der Waals surface area contributed by atoms with E-state index in [1.54, 1.807) is 38.1 Å². The van der Waals surface area contributed by atoms with E-state index in [-0.39, 0.29) is 33.0 Å². The number of alkyl carbamates (subject to hydrolysis) is 1. The summed E-state index contributed by atoms with van der Waals surface area (Å²) in [5, 5.41) is 2.63. The van der Waals surface area contributed by atoms with Crippen LogP contribution in [0.3, 0.4) is 0 Å². The molecule has 1 unspecified atom stereocenters. The molecule has 0 heterocycles. The zero-order chi connectivity index (χ0) is 27.8. The van der Waals surface area contributed by atoms with Gasteiger partial charge in [0.15, 0.2) is 6.10 Å². The van der Waals surface area contributed by atoms with Crippen LogP contribution in [0.1, 0.15) is 25.8 Å². The molecule has 9 nitrogen and oxygen atoms in total. The average Bonchev–Trinajstić information content (AvgIpc) is 2.91. The number of hydrogen-bond acceptors (Lipinski definition) is 8. The van der Waals surface area contributed by atoms with Crippen molar-refractivity contribution in [3.63, 3.8) is 0 Å². The van der Waals surface area contributed by atoms with Crippen molar-refractivity contribution < 1.29 is 38.1 Å². The number of esters is 2. The minimum absolute atomic E-state index is 0.0616. The lowest BCUT2D eigenvalue weighted by Crippen LogP contribution is -2.36. The van der Waals surface area contributed by atoms with Gasteiger partial charge in [-0.1, -0.05) is 43.5 Å². The number of carbonyl (C=O) groups is 3. The van der Waals surface area contributed by atoms with Crippen LogP contribution < -0.4 is 14.8 Å². The molecule has 204 valence electrons. The molecule has 0 saturated heterocycles. The molecular formula is C29H35NO8. The summed E-state index contributed by atoms with van der Waals surface area (Å²) >= 11 is 0. The topological polar surface area (TPSA) is 109 Å². The van der Waals surface area contributed by atoms with Crippen LogP contribution in [-0.2, 0) is 30.2 Å². The van der Waals surface area contributed by atoms with Crippen LogP contribution in [-0.4, -0.2) is 57.1 Å². The first-order chi connectivity index (χ1) is 18.2. The molecule has 0 aliphatic rings. The highest BCUT2D eigenvalue weighted by molar-refractivity contribution is 5.87. The Balaban J connectivity index is 1.83. The van der Waals surface area contributed by atoms with Gasteiger partial charge in [0, 0.05) is 24.1 Å². The Morgan fingerprint density at radius 3 is 1.92 bits per heavy atom. The zero-order valence-corrected chi connectivity index (χ0v) is 21.9. The standard InChI is InChI=1S/C29H35NO8/c1-21(2)27(31)34-17-8-16-30-29(33)38-26(19-36-24-9-6-5-7-10-24)20-37-25-13-11-23(12-14-25)15-18-35-28(32)22(3)4/h5-7,9-14,26H,1,3,8,15-20H2,2,4H3,(H,30,33). The van der Waals surface area contributed by atoms with Crippen molar-refractivity contribution in [3.05, 3.63) is 84.5 Å². The van der Waals surface area contributed by atoms with Gasteiger partial charge in [-0.05, 0) is 50.1 Å². The summed E-state index contributed by atoms with van der Waals surface area (Å²) in [6, 6.07) is 16.5. The second-order valence-corrected chi connectivity index (χ2v) is 8.47. The highest BCUT2D eigenvalue weighted by Crippen LogP contribution is 2.15. The van der Waals surface area contributed by atoms with E-state index in [9.17, 15) is 14.4 Å². The third kappa shape index (κ3) is 12.1. The SMILES string of the molecule is C=C(C)C(=O)OCCCNC(=O)OC(COc1ccccc1)COc1ccc(CCOC(=O)C(=C)C)cc1. The van der Waals surface area contributed by atoms with Crippen LogP contribution in [0.15, 0.2) is 78.9 Å². The number of amides is 1. The minimum Gasteiger partial charge on any atom is -0.490 e. The van der Waals surface area contributed by atoms with Crippen LogP contribution in [0, 0.1) is 0 Å². The number of carbonyl (C=O) groups excluding carboxylic acids is 3. The minimum atomic E-state index is -0.697. The molecule has 0 aliphatic carbocycles. The Labute approximate surface area is 223 Å². The van der Waals surface area contributed by atoms with Gasteiger partial charge >= 0.3 is 18.0 Å². The van der Waals surface area contributed by atoms with Crippen molar-refractivity contribution in [3.8, 4) is 11.5 Å². The normalized spacial score (nSPS) is 11.0. The van der Waals surface area contributed by atoms with E-state index in [2.05, 4.69) is 18.5 Å². The molecule has 1 atom stereocenters. The lowest BCUT2D eigenvalue weighted by atomic mass is 10.1. The van der Waals surface area contributed by atoms with E-state index in [1.165, 1.54) is 0 Å². The molecule has 0 saturated carbocycles. The molecule has 0 spiro atoms. The van der Waals surface area contributed by atoms with Gasteiger partial charge in [-0.15, -0.1) is 0 Å². The van der Waals surface area contributed by atoms with E-state index in [4.69, 9.17) is 23.7 Å². The number of hydrogen-bond donors (Lipinski definition) is 1. The molecule has 1 N–H and O–H groups in total. The zero-order valence-electron chi connectivity index (χ0n) is 21.9. The smallest absolute Gasteiger partial charge is 0.407 e. The number of benzene rings is 2. The highest BCUT2D eigenvalue weighted by atomic mass is 16.6. The van der Waals surface area contributed by atoms with Crippen LogP contribution in [0.4, 0.5) is 4.79 Å². The first-order valence-corrected chi connectivity index (χ1v) is 12.2. The maximum atomic E-state index is 12.3. The number of rotatable bonds is 16. The summed E-state index contributed by atoms with van der Waals surface area (Å²) in [6.45, 7) is 11.1. The summed E-state index contributed by atoms with van der Waals surface area (Å²) in [4.78, 5) is 35.2. The molecule has 1 amide bonds. The van der Waals surface area contributed by atoms with E-state index >= 15 is 0 Å². The Morgan fingerprint density at radius 1 is 0.789 bits per heavy atom. The Kier molecular flexibility index (Phi) is 13.0. The third-order valence-electron chi connectivity index (χ3n) is 4.96. The van der Waals surface area contributed by atoms with Gasteiger partial charge in [-0.3, -0.25) is 0 Å². The maximum Gasteiger partial charge on any atom is 0.407 e. The van der Waals surface area contributed by atoms with Crippen LogP contribution in [0.5, 0.6) is 11.5 Å². The summed E-state index contributed by atoms with van der Waals surface area (Å²) in [5.74, 6) is 0.337. The Morgan fingerprint density at radius 2 is 1.34 bits per heavy atom. The van der Waals surface area contributed by atoms with E-state index in [0.717, 1.165) is 5.56 Å². The van der Waals surface area contributed by atoms with E-state index in [0.29, 0.717) is 35.5 Å². The molecule has 38 heavy (non-hydrogen) atoms.